The Bertz CT molecular complexity index is 2220. The molecule has 1 radical (unpaired) electrons. The van der Waals surface area contributed by atoms with Crippen LogP contribution < -0.4 is 0 Å². The molecule has 0 bridgehead atoms. The fourth-order valence-corrected chi connectivity index (χ4v) is 7.65. The summed E-state index contributed by atoms with van der Waals surface area (Å²) < 4.78 is 6.16. The van der Waals surface area contributed by atoms with Gasteiger partial charge >= 0.3 is 0 Å². The summed E-state index contributed by atoms with van der Waals surface area (Å²) in [6, 6.07) is 25.0. The van der Waals surface area contributed by atoms with Crippen molar-refractivity contribution >= 4 is 49.1 Å². The van der Waals surface area contributed by atoms with Crippen LogP contribution in [0.15, 0.2) is 82.3 Å². The van der Waals surface area contributed by atoms with Crippen LogP contribution in [0.5, 0.6) is 0 Å². The summed E-state index contributed by atoms with van der Waals surface area (Å²) in [5.41, 5.74) is 7.20. The molecule has 3 aromatic heterocycles. The van der Waals surface area contributed by atoms with Gasteiger partial charge in [-0.2, -0.15) is 0 Å². The van der Waals surface area contributed by atoms with E-state index in [-0.39, 0.29) is 47.9 Å². The largest absolute Gasteiger partial charge is 0.512 e. The van der Waals surface area contributed by atoms with Crippen molar-refractivity contribution in [1.82, 2.24) is 4.98 Å². The second-order valence-corrected chi connectivity index (χ2v) is 16.4. The van der Waals surface area contributed by atoms with Crippen molar-refractivity contribution in [2.75, 3.05) is 0 Å². The Kier molecular flexibility index (Phi) is 12.8. The van der Waals surface area contributed by atoms with E-state index >= 15 is 0 Å². The zero-order valence-corrected chi connectivity index (χ0v) is 35.9. The molecule has 0 saturated carbocycles. The van der Waals surface area contributed by atoms with Gasteiger partial charge in [0.25, 0.3) is 0 Å². The van der Waals surface area contributed by atoms with Crippen molar-refractivity contribution in [2.24, 2.45) is 10.8 Å². The van der Waals surface area contributed by atoms with E-state index in [0.29, 0.717) is 0 Å². The molecule has 0 aliphatic heterocycles. The second-order valence-electron chi connectivity index (χ2n) is 15.5. The van der Waals surface area contributed by atoms with Gasteiger partial charge < -0.3 is 9.52 Å². The van der Waals surface area contributed by atoms with Crippen molar-refractivity contribution in [3.8, 4) is 22.4 Å². The third-order valence-corrected chi connectivity index (χ3v) is 12.2. The number of hydrogen-bond acceptors (Lipinski definition) is 5. The summed E-state index contributed by atoms with van der Waals surface area (Å²) in [5.74, 6) is 1.22. The van der Waals surface area contributed by atoms with Crippen LogP contribution >= 0.6 is 11.3 Å². The molecule has 0 atom stereocenters. The van der Waals surface area contributed by atoms with Crippen LogP contribution in [-0.2, 0) is 30.3 Å². The number of ketones is 1. The number of rotatable bonds is 9. The topological polar surface area (TPSA) is 63.3 Å². The van der Waals surface area contributed by atoms with E-state index in [9.17, 15) is 9.90 Å². The molecule has 52 heavy (non-hydrogen) atoms. The Labute approximate surface area is 328 Å². The Hall–Kier alpha value is -3.57. The number of hydrogen-bond donors (Lipinski definition) is 1. The summed E-state index contributed by atoms with van der Waals surface area (Å²) in [7, 11) is 0. The van der Waals surface area contributed by atoms with E-state index in [2.05, 4.69) is 94.6 Å². The molecule has 1 N–H and O–H groups in total. The number of aryl methyl sites for hydroxylation is 2. The smallest absolute Gasteiger partial charge is 0.164 e. The van der Waals surface area contributed by atoms with Crippen LogP contribution in [0.25, 0.3) is 54.3 Å². The van der Waals surface area contributed by atoms with Crippen LogP contribution in [0.4, 0.5) is 0 Å². The molecule has 3 heterocycles. The van der Waals surface area contributed by atoms with Gasteiger partial charge in [-0.05, 0) is 67.5 Å². The first-order chi connectivity index (χ1) is 24.1. The van der Waals surface area contributed by atoms with Crippen molar-refractivity contribution in [2.45, 2.75) is 107 Å². The van der Waals surface area contributed by atoms with E-state index in [1.54, 1.807) is 11.3 Å². The normalized spacial score (nSPS) is 12.6. The molecular weight excluding hydrogens is 839 g/mol. The predicted octanol–water partition coefficient (Wildman–Crippen LogP) is 13.9. The third kappa shape index (κ3) is 8.00. The maximum absolute atomic E-state index is 12.2. The number of aliphatic hydroxyl groups excluding tert-OH is 1. The molecule has 0 spiro atoms. The molecule has 0 aliphatic rings. The molecule has 0 saturated heterocycles. The van der Waals surface area contributed by atoms with Gasteiger partial charge in [0.1, 0.15) is 21.9 Å². The number of para-hydroxylation sites is 1. The van der Waals surface area contributed by atoms with Gasteiger partial charge in [0.15, 0.2) is 5.78 Å². The first-order valence-electron chi connectivity index (χ1n) is 18.4. The number of benzene rings is 3. The second kappa shape index (κ2) is 16.2. The number of nitrogens with zero attached hydrogens (tertiary/aromatic N) is 1. The van der Waals surface area contributed by atoms with Crippen LogP contribution in [0.1, 0.15) is 105 Å². The number of thiophene rings is 1. The molecule has 0 amide bonds. The Morgan fingerprint density at radius 3 is 2.08 bits per heavy atom. The minimum Gasteiger partial charge on any atom is -0.512 e. The third-order valence-electron chi connectivity index (χ3n) is 11.2. The van der Waals surface area contributed by atoms with E-state index < -0.39 is 0 Å². The van der Waals surface area contributed by atoms with Crippen molar-refractivity contribution < 1.29 is 34.4 Å². The quantitative estimate of drug-likeness (QED) is 0.0892. The van der Waals surface area contributed by atoms with E-state index in [1.807, 2.05) is 53.7 Å². The average Bonchev–Trinajstić information content (AvgIpc) is 3.67. The van der Waals surface area contributed by atoms with Gasteiger partial charge in [-0.1, -0.05) is 116 Å². The SMILES string of the molecule is CCC(C)(CC)C(=O)/C=C(\O)C(C)(CC)CC.Cc1oc2ccccc2c1-c1cc(-c2[c-]c3ccccc3c(C(C)(C)C)c2)nc2scc(C)c12.[Ir]. The summed E-state index contributed by atoms with van der Waals surface area (Å²) in [5, 5.41) is 17.1. The van der Waals surface area contributed by atoms with Gasteiger partial charge in [-0.15, -0.1) is 40.5 Å². The Morgan fingerprint density at radius 2 is 1.46 bits per heavy atom. The van der Waals surface area contributed by atoms with Gasteiger partial charge in [0.05, 0.1) is 0 Å². The first-order valence-corrected chi connectivity index (χ1v) is 19.3. The fraction of sp³-hybridized carbons (Fsp3) is 0.391. The van der Waals surface area contributed by atoms with Crippen LogP contribution in [0.2, 0.25) is 0 Å². The molecular formula is C46H54IrNO3S-. The Balaban J connectivity index is 0.000000289. The van der Waals surface area contributed by atoms with Gasteiger partial charge in [-0.25, -0.2) is 0 Å². The van der Waals surface area contributed by atoms with Crippen LogP contribution in [0, 0.1) is 30.7 Å². The van der Waals surface area contributed by atoms with E-state index in [0.717, 1.165) is 69.5 Å². The zero-order chi connectivity index (χ0) is 37.3. The minimum atomic E-state index is -0.337. The number of carbonyl (C=O) groups is 1. The number of furan rings is 1. The van der Waals surface area contributed by atoms with E-state index in [4.69, 9.17) is 9.40 Å². The van der Waals surface area contributed by atoms with Crippen molar-refractivity contribution in [3.05, 3.63) is 101 Å². The maximum atomic E-state index is 12.2. The summed E-state index contributed by atoms with van der Waals surface area (Å²) >= 11 is 1.70. The van der Waals surface area contributed by atoms with Gasteiger partial charge in [0.2, 0.25) is 0 Å². The molecule has 0 aliphatic carbocycles. The van der Waals surface area contributed by atoms with Crippen molar-refractivity contribution in [3.63, 3.8) is 0 Å². The minimum absolute atomic E-state index is 0. The molecule has 6 rings (SSSR count). The standard InChI is InChI=1S/C31H26NOS.C15H28O2.Ir/c1-18-17-34-30-28(18)24(29-19(2)33-27-13-9-8-12-23(27)29)16-26(32-30)21-14-20-10-6-7-11-22(20)25(15-21)31(3,4)5;1-7-14(5,8-2)12(16)11-13(17)15(6,9-3)10-4;/h6-13,15-17H,1-5H3;11,16H,7-10H2,1-6H3;/q-1;;/b;12-11-;. The molecule has 4 nitrogen and oxygen atoms in total. The van der Waals surface area contributed by atoms with E-state index in [1.165, 1.54) is 33.5 Å². The number of pyridine rings is 1. The molecule has 0 unspecified atom stereocenters. The number of carbonyl (C=O) groups excluding carboxylic acids is 1. The number of fused-ring (bicyclic) bond motifs is 3. The van der Waals surface area contributed by atoms with Crippen LogP contribution in [0.3, 0.4) is 0 Å². The summed E-state index contributed by atoms with van der Waals surface area (Å²) in [4.78, 5) is 18.4. The molecule has 6 aromatic rings. The average molecular weight is 893 g/mol. The number of aliphatic hydroxyl groups is 1. The van der Waals surface area contributed by atoms with Gasteiger partial charge in [-0.3, -0.25) is 9.78 Å². The van der Waals surface area contributed by atoms with Crippen molar-refractivity contribution in [1.29, 1.82) is 0 Å². The predicted molar refractivity (Wildman–Crippen MR) is 218 cm³/mol. The zero-order valence-electron chi connectivity index (χ0n) is 32.7. The number of aromatic nitrogens is 1. The van der Waals surface area contributed by atoms with Crippen LogP contribution in [-0.4, -0.2) is 15.9 Å². The molecule has 3 aromatic carbocycles. The summed E-state index contributed by atoms with van der Waals surface area (Å²) in [6.07, 6.45) is 4.75. The maximum Gasteiger partial charge on any atom is 0.164 e. The van der Waals surface area contributed by atoms with Gasteiger partial charge in [0, 0.05) is 59.0 Å². The molecule has 6 heteroatoms. The Morgan fingerprint density at radius 1 is 0.865 bits per heavy atom. The monoisotopic (exact) mass is 893 g/mol. The summed E-state index contributed by atoms with van der Waals surface area (Å²) in [6.45, 7) is 23.1. The first kappa shape index (κ1) is 41.2. The molecule has 277 valence electrons. The fourth-order valence-electron chi connectivity index (χ4n) is 6.70. The number of allylic oxidation sites excluding steroid dienone is 2. The molecule has 0 fully saturated rings.